The van der Waals surface area contributed by atoms with Crippen LogP contribution >= 0.6 is 39.1 Å². The molecule has 2 aromatic heterocycles. The number of pyridine rings is 1. The van der Waals surface area contributed by atoms with E-state index < -0.39 is 0 Å². The van der Waals surface area contributed by atoms with Crippen molar-refractivity contribution >= 4 is 50.3 Å². The molecule has 20 heavy (non-hydrogen) atoms. The standard InChI is InChI=1S/C14H10BrCl2N3/c1-8(16)13-19-12-3-2-6-18-14(12)20(13)9-4-5-11(17)10(15)7-9/h2-8H,1H3. The molecule has 0 fully saturated rings. The van der Waals surface area contributed by atoms with Crippen LogP contribution in [0.25, 0.3) is 16.9 Å². The van der Waals surface area contributed by atoms with Crippen LogP contribution in [0.1, 0.15) is 18.1 Å². The van der Waals surface area contributed by atoms with E-state index in [0.717, 1.165) is 27.1 Å². The van der Waals surface area contributed by atoms with Crippen molar-refractivity contribution in [3.05, 3.63) is 51.8 Å². The lowest BCUT2D eigenvalue weighted by atomic mass is 10.3. The van der Waals surface area contributed by atoms with Crippen LogP contribution in [-0.4, -0.2) is 14.5 Å². The maximum Gasteiger partial charge on any atom is 0.164 e. The zero-order valence-electron chi connectivity index (χ0n) is 10.5. The highest BCUT2D eigenvalue weighted by Crippen LogP contribution is 2.30. The Morgan fingerprint density at radius 3 is 2.80 bits per heavy atom. The molecule has 0 saturated heterocycles. The molecule has 0 spiro atoms. The van der Waals surface area contributed by atoms with E-state index in [0.29, 0.717) is 5.02 Å². The molecular weight excluding hydrogens is 361 g/mol. The van der Waals surface area contributed by atoms with Crippen LogP contribution in [0.15, 0.2) is 41.0 Å². The Labute approximate surface area is 134 Å². The van der Waals surface area contributed by atoms with Gasteiger partial charge in [-0.3, -0.25) is 4.57 Å². The third-order valence-corrected chi connectivity index (χ3v) is 4.37. The van der Waals surface area contributed by atoms with Crippen molar-refractivity contribution in [2.24, 2.45) is 0 Å². The first-order chi connectivity index (χ1) is 9.58. The summed E-state index contributed by atoms with van der Waals surface area (Å²) in [6.45, 7) is 1.89. The first kappa shape index (κ1) is 13.9. The topological polar surface area (TPSA) is 30.7 Å². The van der Waals surface area contributed by atoms with Gasteiger partial charge in [-0.05, 0) is 53.2 Å². The Balaban J connectivity index is 2.33. The van der Waals surface area contributed by atoms with E-state index in [9.17, 15) is 0 Å². The summed E-state index contributed by atoms with van der Waals surface area (Å²) in [5, 5.41) is 0.435. The molecule has 1 unspecified atom stereocenters. The number of rotatable bonds is 2. The second kappa shape index (κ2) is 5.35. The van der Waals surface area contributed by atoms with Gasteiger partial charge in [0, 0.05) is 10.7 Å². The monoisotopic (exact) mass is 369 g/mol. The quantitative estimate of drug-likeness (QED) is 0.585. The summed E-state index contributed by atoms with van der Waals surface area (Å²) >= 11 is 15.7. The molecule has 0 aliphatic rings. The highest BCUT2D eigenvalue weighted by Gasteiger charge is 2.17. The molecule has 3 rings (SSSR count). The SMILES string of the molecule is CC(Cl)c1nc2cccnc2n1-c1ccc(Cl)c(Br)c1. The highest BCUT2D eigenvalue weighted by molar-refractivity contribution is 9.10. The molecule has 6 heteroatoms. The van der Waals surface area contributed by atoms with Crippen LogP contribution in [0.4, 0.5) is 0 Å². The van der Waals surface area contributed by atoms with Gasteiger partial charge in [-0.15, -0.1) is 11.6 Å². The van der Waals surface area contributed by atoms with E-state index in [-0.39, 0.29) is 5.38 Å². The Kier molecular flexibility index (Phi) is 3.71. The summed E-state index contributed by atoms with van der Waals surface area (Å²) in [4.78, 5) is 8.97. The van der Waals surface area contributed by atoms with Gasteiger partial charge < -0.3 is 0 Å². The van der Waals surface area contributed by atoms with Gasteiger partial charge in [0.05, 0.1) is 16.1 Å². The van der Waals surface area contributed by atoms with Crippen LogP contribution in [0, 0.1) is 0 Å². The molecule has 0 aliphatic carbocycles. The number of hydrogen-bond acceptors (Lipinski definition) is 2. The smallest absolute Gasteiger partial charge is 0.164 e. The van der Waals surface area contributed by atoms with E-state index in [2.05, 4.69) is 25.9 Å². The van der Waals surface area contributed by atoms with Gasteiger partial charge in [-0.25, -0.2) is 9.97 Å². The fourth-order valence-electron chi connectivity index (χ4n) is 2.08. The number of imidazole rings is 1. The Bertz CT molecular complexity index is 783. The summed E-state index contributed by atoms with van der Waals surface area (Å²) in [5.74, 6) is 0.759. The Morgan fingerprint density at radius 2 is 2.10 bits per heavy atom. The minimum Gasteiger partial charge on any atom is -0.279 e. The third kappa shape index (κ3) is 2.32. The number of alkyl halides is 1. The number of fused-ring (bicyclic) bond motifs is 1. The number of benzene rings is 1. The molecule has 1 atom stereocenters. The molecule has 0 aliphatic heterocycles. The number of nitrogens with zero attached hydrogens (tertiary/aromatic N) is 3. The summed E-state index contributed by atoms with van der Waals surface area (Å²) in [7, 11) is 0. The van der Waals surface area contributed by atoms with Crippen LogP contribution in [0.3, 0.4) is 0 Å². The molecule has 3 nitrogen and oxygen atoms in total. The molecule has 3 aromatic rings. The first-order valence-corrected chi connectivity index (χ1v) is 7.61. The maximum absolute atomic E-state index is 6.25. The summed E-state index contributed by atoms with van der Waals surface area (Å²) in [6, 6.07) is 9.47. The predicted molar refractivity (Wildman–Crippen MR) is 85.8 cm³/mol. The van der Waals surface area contributed by atoms with Gasteiger partial charge in [0.15, 0.2) is 5.65 Å². The Hall–Kier alpha value is -1.10. The molecule has 0 N–H and O–H groups in total. The van der Waals surface area contributed by atoms with Gasteiger partial charge in [-0.1, -0.05) is 11.6 Å². The lowest BCUT2D eigenvalue weighted by molar-refractivity contribution is 0.876. The largest absolute Gasteiger partial charge is 0.279 e. The zero-order chi connectivity index (χ0) is 14.3. The molecule has 0 saturated carbocycles. The second-order valence-electron chi connectivity index (χ2n) is 4.37. The summed E-state index contributed by atoms with van der Waals surface area (Å²) in [5.41, 5.74) is 2.52. The van der Waals surface area contributed by atoms with Crippen molar-refractivity contribution in [2.75, 3.05) is 0 Å². The van der Waals surface area contributed by atoms with Crippen LogP contribution in [0.2, 0.25) is 5.02 Å². The average molecular weight is 371 g/mol. The van der Waals surface area contributed by atoms with Crippen LogP contribution < -0.4 is 0 Å². The molecule has 2 heterocycles. The number of aromatic nitrogens is 3. The highest BCUT2D eigenvalue weighted by atomic mass is 79.9. The fraction of sp³-hybridized carbons (Fsp3) is 0.143. The summed E-state index contributed by atoms with van der Waals surface area (Å²) < 4.78 is 2.77. The first-order valence-electron chi connectivity index (χ1n) is 6.01. The fourth-order valence-corrected chi connectivity index (χ4v) is 2.71. The van der Waals surface area contributed by atoms with Crippen molar-refractivity contribution < 1.29 is 0 Å². The average Bonchev–Trinajstić information content (AvgIpc) is 2.81. The maximum atomic E-state index is 6.25. The van der Waals surface area contributed by atoms with Gasteiger partial charge in [0.1, 0.15) is 11.3 Å². The minimum absolute atomic E-state index is 0.223. The van der Waals surface area contributed by atoms with Gasteiger partial charge in [-0.2, -0.15) is 0 Å². The molecular formula is C14H10BrCl2N3. The lowest BCUT2D eigenvalue weighted by Crippen LogP contribution is -2.02. The molecule has 0 bridgehead atoms. The molecule has 0 radical (unpaired) electrons. The van der Waals surface area contributed by atoms with Gasteiger partial charge >= 0.3 is 0 Å². The molecule has 0 amide bonds. The van der Waals surface area contributed by atoms with Crippen LogP contribution in [-0.2, 0) is 0 Å². The minimum atomic E-state index is -0.223. The normalized spacial score (nSPS) is 12.8. The van der Waals surface area contributed by atoms with Gasteiger partial charge in [0.2, 0.25) is 0 Å². The molecule has 1 aromatic carbocycles. The van der Waals surface area contributed by atoms with Crippen molar-refractivity contribution in [3.8, 4) is 5.69 Å². The van der Waals surface area contributed by atoms with E-state index >= 15 is 0 Å². The summed E-state index contributed by atoms with van der Waals surface area (Å²) in [6.07, 6.45) is 1.74. The van der Waals surface area contributed by atoms with Crippen molar-refractivity contribution in [1.82, 2.24) is 14.5 Å². The van der Waals surface area contributed by atoms with E-state index in [1.807, 2.05) is 41.8 Å². The van der Waals surface area contributed by atoms with Crippen LogP contribution in [0.5, 0.6) is 0 Å². The predicted octanol–water partition coefficient (Wildman–Crippen LogP) is 5.14. The molecule has 102 valence electrons. The number of hydrogen-bond donors (Lipinski definition) is 0. The van der Waals surface area contributed by atoms with Gasteiger partial charge in [0.25, 0.3) is 0 Å². The third-order valence-electron chi connectivity index (χ3n) is 2.96. The van der Waals surface area contributed by atoms with Crippen molar-refractivity contribution in [1.29, 1.82) is 0 Å². The zero-order valence-corrected chi connectivity index (χ0v) is 13.6. The Morgan fingerprint density at radius 1 is 1.30 bits per heavy atom. The van der Waals surface area contributed by atoms with E-state index in [1.165, 1.54) is 0 Å². The van der Waals surface area contributed by atoms with Crippen molar-refractivity contribution in [2.45, 2.75) is 12.3 Å². The van der Waals surface area contributed by atoms with E-state index in [1.54, 1.807) is 6.20 Å². The van der Waals surface area contributed by atoms with Crippen molar-refractivity contribution in [3.63, 3.8) is 0 Å². The number of halogens is 3. The van der Waals surface area contributed by atoms with E-state index in [4.69, 9.17) is 23.2 Å². The lowest BCUT2D eigenvalue weighted by Gasteiger charge is -2.10. The second-order valence-corrected chi connectivity index (χ2v) is 6.28.